The molecule has 2 fully saturated rings. The van der Waals surface area contributed by atoms with Crippen LogP contribution in [0.1, 0.15) is 26.7 Å². The number of aliphatic hydroxyl groups excluding tert-OH is 1. The monoisotopic (exact) mass is 642 g/mol. The third-order valence-electron chi connectivity index (χ3n) is 9.63. The molecule has 1 spiro atoms. The van der Waals surface area contributed by atoms with E-state index in [4.69, 9.17) is 4.74 Å². The van der Waals surface area contributed by atoms with Gasteiger partial charge in [-0.25, -0.2) is 4.68 Å². The van der Waals surface area contributed by atoms with Crippen molar-refractivity contribution in [3.8, 4) is 5.75 Å². The Hall–Kier alpha value is -4.16. The molecule has 0 bridgehead atoms. The second kappa shape index (κ2) is 11.9. The first-order valence-electron chi connectivity index (χ1n) is 15.9. The number of unbranched alkanes of at least 4 members (excludes halogenated alkanes) is 1. The number of likely N-dealkylation sites (tertiary alicyclic amines) is 1. The summed E-state index contributed by atoms with van der Waals surface area (Å²) in [4.78, 5) is 49.1. The first kappa shape index (κ1) is 30.5. The highest BCUT2D eigenvalue weighted by atomic mass is 32.2. The standard InChI is InChI=1S/C34H38N6O5S/c1-3-45-24-14-12-23(13-15-24)38-20-8-16-33(2)27(30(38)42)28-31(43)39(19-6-7-21-41)29-32(44)37(18-9-17-34(28,29)46-33)22-40-26-11-5-4-10-25(26)35-36-40/h4-5,8-17,27-29,41H,3,6-7,18-22H2,1-2H3/t27-,28-,29?,33+,34-/m0/s1. The largest absolute Gasteiger partial charge is 0.494 e. The maximum Gasteiger partial charge on any atom is 0.248 e. The number of aromatic nitrogens is 3. The number of rotatable bonds is 9. The van der Waals surface area contributed by atoms with Crippen LogP contribution >= 0.6 is 11.8 Å². The van der Waals surface area contributed by atoms with E-state index in [-0.39, 0.29) is 31.0 Å². The highest BCUT2D eigenvalue weighted by Crippen LogP contribution is 2.65. The van der Waals surface area contributed by atoms with Crippen LogP contribution in [-0.4, -0.2) is 96.0 Å². The van der Waals surface area contributed by atoms with Gasteiger partial charge in [-0.15, -0.1) is 16.9 Å². The topological polar surface area (TPSA) is 121 Å². The lowest BCUT2D eigenvalue weighted by Gasteiger charge is -2.36. The number of fused-ring (bicyclic) bond motifs is 3. The zero-order chi connectivity index (χ0) is 32.1. The van der Waals surface area contributed by atoms with E-state index in [0.717, 1.165) is 22.5 Å². The molecule has 2 saturated heterocycles. The molecule has 0 saturated carbocycles. The van der Waals surface area contributed by atoms with Gasteiger partial charge in [-0.05, 0) is 63.1 Å². The van der Waals surface area contributed by atoms with Crippen molar-refractivity contribution in [2.24, 2.45) is 11.8 Å². The van der Waals surface area contributed by atoms with Crippen LogP contribution in [0.2, 0.25) is 0 Å². The molecule has 46 heavy (non-hydrogen) atoms. The molecule has 0 aliphatic carbocycles. The minimum absolute atomic E-state index is 0.00358. The number of para-hydroxylation sites is 1. The molecule has 3 amide bonds. The summed E-state index contributed by atoms with van der Waals surface area (Å²) in [7, 11) is 0. The number of aliphatic hydroxyl groups is 1. The number of ether oxygens (including phenoxy) is 1. The number of amides is 3. The third-order valence-corrected chi connectivity index (χ3v) is 11.4. The quantitative estimate of drug-likeness (QED) is 0.279. The highest BCUT2D eigenvalue weighted by molar-refractivity contribution is 8.02. The molecule has 5 heterocycles. The van der Waals surface area contributed by atoms with Crippen molar-refractivity contribution in [1.82, 2.24) is 24.8 Å². The van der Waals surface area contributed by atoms with Crippen LogP contribution < -0.4 is 9.64 Å². The van der Waals surface area contributed by atoms with Gasteiger partial charge in [0.05, 0.1) is 28.7 Å². The van der Waals surface area contributed by atoms with Crippen molar-refractivity contribution >= 4 is 46.2 Å². The second-order valence-corrected chi connectivity index (χ2v) is 14.2. The van der Waals surface area contributed by atoms with Crippen molar-refractivity contribution in [2.75, 3.05) is 37.7 Å². The molecule has 5 atom stereocenters. The third kappa shape index (κ3) is 4.80. The Morgan fingerprint density at radius 3 is 2.52 bits per heavy atom. The number of carbonyl (C=O) groups is 3. The molecule has 7 rings (SSSR count). The molecule has 240 valence electrons. The molecule has 0 radical (unpaired) electrons. The summed E-state index contributed by atoms with van der Waals surface area (Å²) in [6, 6.07) is 14.2. The minimum atomic E-state index is -0.951. The SMILES string of the molecule is CCOc1ccc(N2CC=C[C@@]3(C)S[C@]45C=CCN(Cn6nnc7ccccc76)C(=O)C4N(CCCCO)C(=O)[C@@H]5[C@H]3C2=O)cc1. The van der Waals surface area contributed by atoms with Crippen molar-refractivity contribution in [2.45, 2.75) is 48.9 Å². The van der Waals surface area contributed by atoms with Gasteiger partial charge in [0.15, 0.2) is 0 Å². The van der Waals surface area contributed by atoms with E-state index in [1.54, 1.807) is 31.1 Å². The molecule has 11 nitrogen and oxygen atoms in total. The second-order valence-electron chi connectivity index (χ2n) is 12.4. The Kier molecular flexibility index (Phi) is 7.88. The Labute approximate surface area is 271 Å². The molecule has 2 aromatic carbocycles. The van der Waals surface area contributed by atoms with Crippen molar-refractivity contribution in [3.63, 3.8) is 0 Å². The zero-order valence-electron chi connectivity index (χ0n) is 26.0. The normalized spacial score (nSPS) is 28.8. The lowest BCUT2D eigenvalue weighted by molar-refractivity contribution is -0.143. The molecular weight excluding hydrogens is 604 g/mol. The molecule has 3 aromatic rings. The lowest BCUT2D eigenvalue weighted by atomic mass is 9.74. The van der Waals surface area contributed by atoms with Gasteiger partial charge in [0.1, 0.15) is 24.0 Å². The summed E-state index contributed by atoms with van der Waals surface area (Å²) in [6.07, 6.45) is 9.11. The van der Waals surface area contributed by atoms with Crippen LogP contribution in [-0.2, 0) is 21.1 Å². The van der Waals surface area contributed by atoms with E-state index in [2.05, 4.69) is 16.4 Å². The number of anilines is 1. The van der Waals surface area contributed by atoms with Crippen molar-refractivity contribution < 1.29 is 24.2 Å². The van der Waals surface area contributed by atoms with Gasteiger partial charge < -0.3 is 24.5 Å². The predicted molar refractivity (Wildman–Crippen MR) is 175 cm³/mol. The maximum atomic E-state index is 14.7. The number of benzene rings is 2. The van der Waals surface area contributed by atoms with Gasteiger partial charge in [-0.1, -0.05) is 41.7 Å². The molecular formula is C34H38N6O5S. The zero-order valence-corrected chi connectivity index (χ0v) is 26.8. The van der Waals surface area contributed by atoms with Gasteiger partial charge >= 0.3 is 0 Å². The molecule has 1 N–H and O–H groups in total. The molecule has 4 aliphatic rings. The molecule has 1 unspecified atom stereocenters. The summed E-state index contributed by atoms with van der Waals surface area (Å²) in [5.41, 5.74) is 2.28. The fourth-order valence-corrected chi connectivity index (χ4v) is 9.79. The first-order chi connectivity index (χ1) is 22.3. The van der Waals surface area contributed by atoms with Crippen LogP contribution in [0.25, 0.3) is 11.0 Å². The van der Waals surface area contributed by atoms with Gasteiger partial charge in [-0.2, -0.15) is 0 Å². The molecule has 4 aliphatic heterocycles. The van der Waals surface area contributed by atoms with Crippen LogP contribution in [0, 0.1) is 11.8 Å². The van der Waals surface area contributed by atoms with E-state index in [0.29, 0.717) is 39.1 Å². The number of hydrogen-bond donors (Lipinski definition) is 1. The fourth-order valence-electron chi connectivity index (χ4n) is 7.63. The average Bonchev–Trinajstić information content (AvgIpc) is 3.58. The maximum absolute atomic E-state index is 14.7. The summed E-state index contributed by atoms with van der Waals surface area (Å²) in [6.45, 7) is 5.70. The summed E-state index contributed by atoms with van der Waals surface area (Å²) < 4.78 is 5.65. The number of thioether (sulfide) groups is 1. The van der Waals surface area contributed by atoms with Gasteiger partial charge in [0, 0.05) is 36.7 Å². The number of hydrogen-bond acceptors (Lipinski definition) is 8. The van der Waals surface area contributed by atoms with Gasteiger partial charge in [-0.3, -0.25) is 14.4 Å². The van der Waals surface area contributed by atoms with E-state index in [1.165, 1.54) is 0 Å². The van der Waals surface area contributed by atoms with E-state index < -0.39 is 27.4 Å². The number of nitrogens with zero attached hydrogens (tertiary/aromatic N) is 6. The molecule has 12 heteroatoms. The summed E-state index contributed by atoms with van der Waals surface area (Å²) in [5.74, 6) is -1.21. The first-order valence-corrected chi connectivity index (χ1v) is 16.7. The van der Waals surface area contributed by atoms with Crippen molar-refractivity contribution in [3.05, 3.63) is 72.8 Å². The van der Waals surface area contributed by atoms with E-state index in [9.17, 15) is 19.5 Å². The van der Waals surface area contributed by atoms with Crippen LogP contribution in [0.4, 0.5) is 5.69 Å². The predicted octanol–water partition coefficient (Wildman–Crippen LogP) is 3.25. The molecule has 1 aromatic heterocycles. The smallest absolute Gasteiger partial charge is 0.248 e. The van der Waals surface area contributed by atoms with Crippen LogP contribution in [0.5, 0.6) is 5.75 Å². The lowest BCUT2D eigenvalue weighted by Crippen LogP contribution is -2.53. The minimum Gasteiger partial charge on any atom is -0.494 e. The fraction of sp³-hybridized carbons (Fsp3) is 0.441. The van der Waals surface area contributed by atoms with E-state index in [1.807, 2.05) is 80.6 Å². The Morgan fingerprint density at radius 1 is 0.957 bits per heavy atom. The summed E-state index contributed by atoms with van der Waals surface area (Å²) >= 11 is 1.56. The summed E-state index contributed by atoms with van der Waals surface area (Å²) in [5, 5.41) is 18.1. The average molecular weight is 643 g/mol. The van der Waals surface area contributed by atoms with Gasteiger partial charge in [0.2, 0.25) is 17.7 Å². The Bertz CT molecular complexity index is 1720. The highest BCUT2D eigenvalue weighted by Gasteiger charge is 2.73. The van der Waals surface area contributed by atoms with E-state index >= 15 is 0 Å². The van der Waals surface area contributed by atoms with Gasteiger partial charge in [0.25, 0.3) is 0 Å². The van der Waals surface area contributed by atoms with Crippen LogP contribution in [0.15, 0.2) is 72.8 Å². The van der Waals surface area contributed by atoms with Crippen LogP contribution in [0.3, 0.4) is 0 Å². The Morgan fingerprint density at radius 2 is 1.74 bits per heavy atom. The number of carbonyl (C=O) groups excluding carboxylic acids is 3. The van der Waals surface area contributed by atoms with Crippen molar-refractivity contribution in [1.29, 1.82) is 0 Å². The Balaban J connectivity index is 1.26.